The Labute approximate surface area is 355 Å². The van der Waals surface area contributed by atoms with Crippen molar-refractivity contribution < 1.29 is 0 Å². The van der Waals surface area contributed by atoms with E-state index in [1.165, 1.54) is 85.2 Å². The first-order chi connectivity index (χ1) is 30.2. The molecule has 0 bridgehead atoms. The first-order valence-electron chi connectivity index (χ1n) is 20.7. The van der Waals surface area contributed by atoms with Crippen LogP contribution in [0, 0.1) is 0 Å². The molecule has 0 saturated carbocycles. The van der Waals surface area contributed by atoms with Crippen molar-refractivity contribution in [1.82, 2.24) is 15.0 Å². The van der Waals surface area contributed by atoms with E-state index < -0.39 is 0 Å². The molecule has 4 heteroatoms. The molecule has 0 aliphatic carbocycles. The summed E-state index contributed by atoms with van der Waals surface area (Å²) in [5, 5.41) is 16.6. The Bertz CT molecular complexity index is 3830. The number of hydrogen-bond acceptors (Lipinski definition) is 4. The van der Waals surface area contributed by atoms with Crippen LogP contribution in [-0.2, 0) is 0 Å². The summed E-state index contributed by atoms with van der Waals surface area (Å²) in [4.78, 5) is 16.5. The van der Waals surface area contributed by atoms with Crippen LogP contribution in [0.1, 0.15) is 0 Å². The predicted molar refractivity (Wildman–Crippen MR) is 259 cm³/mol. The van der Waals surface area contributed by atoms with Crippen molar-refractivity contribution in [3.05, 3.63) is 200 Å². The molecule has 0 aliphatic heterocycles. The molecule has 0 unspecified atom stereocenters. The third kappa shape index (κ3) is 5.46. The Kier molecular flexibility index (Phi) is 7.47. The summed E-state index contributed by atoms with van der Waals surface area (Å²) in [7, 11) is 0. The van der Waals surface area contributed by atoms with Crippen LogP contribution in [0.3, 0.4) is 0 Å². The monoisotopic (exact) mass is 791 g/mol. The summed E-state index contributed by atoms with van der Waals surface area (Å²) in [5.74, 6) is 1.94. The Balaban J connectivity index is 0.974. The molecule has 0 fully saturated rings. The molecule has 282 valence electrons. The van der Waals surface area contributed by atoms with E-state index in [0.29, 0.717) is 17.5 Å². The van der Waals surface area contributed by atoms with Gasteiger partial charge in [0.2, 0.25) is 0 Å². The zero-order chi connectivity index (χ0) is 40.0. The molecule has 0 amide bonds. The van der Waals surface area contributed by atoms with Crippen LogP contribution >= 0.6 is 11.3 Å². The minimum atomic E-state index is 0.640. The number of fused-ring (bicyclic) bond motifs is 3. The lowest BCUT2D eigenvalue weighted by Gasteiger charge is -2.17. The quantitative estimate of drug-likeness (QED) is 0.163. The molecule has 0 N–H and O–H groups in total. The largest absolute Gasteiger partial charge is 0.208 e. The van der Waals surface area contributed by atoms with Crippen molar-refractivity contribution in [3.8, 4) is 55.7 Å². The molecule has 0 saturated heterocycles. The van der Waals surface area contributed by atoms with Gasteiger partial charge in [0.1, 0.15) is 0 Å². The molecule has 3 nitrogen and oxygen atoms in total. The summed E-state index contributed by atoms with van der Waals surface area (Å²) in [6, 6.07) is 72.4. The van der Waals surface area contributed by atoms with Crippen molar-refractivity contribution in [3.63, 3.8) is 0 Å². The second-order valence-electron chi connectivity index (χ2n) is 15.9. The van der Waals surface area contributed by atoms with Crippen LogP contribution in [0.5, 0.6) is 0 Å². The van der Waals surface area contributed by atoms with Crippen LogP contribution in [0.25, 0.3) is 130 Å². The minimum Gasteiger partial charge on any atom is -0.208 e. The van der Waals surface area contributed by atoms with Gasteiger partial charge in [-0.05, 0) is 117 Å². The maximum Gasteiger partial charge on any atom is 0.164 e. The summed E-state index contributed by atoms with van der Waals surface area (Å²) in [5.41, 5.74) is 6.29. The minimum absolute atomic E-state index is 0.640. The van der Waals surface area contributed by atoms with E-state index in [1.807, 2.05) is 18.2 Å². The molecule has 2 aromatic heterocycles. The highest BCUT2D eigenvalue weighted by Gasteiger charge is 2.18. The van der Waals surface area contributed by atoms with E-state index in [2.05, 4.69) is 182 Å². The highest BCUT2D eigenvalue weighted by molar-refractivity contribution is 7.22. The summed E-state index contributed by atoms with van der Waals surface area (Å²) in [6.45, 7) is 0. The van der Waals surface area contributed by atoms with E-state index in [0.717, 1.165) is 27.8 Å². The van der Waals surface area contributed by atoms with Crippen LogP contribution in [0.2, 0.25) is 0 Å². The Morgan fingerprint density at radius 3 is 1.39 bits per heavy atom. The van der Waals surface area contributed by atoms with E-state index in [9.17, 15) is 0 Å². The fourth-order valence-corrected chi connectivity index (χ4v) is 10.6. The van der Waals surface area contributed by atoms with Crippen molar-refractivity contribution >= 4 is 86.1 Å². The van der Waals surface area contributed by atoms with E-state index >= 15 is 0 Å². The summed E-state index contributed by atoms with van der Waals surface area (Å²) in [6.07, 6.45) is 0. The molecule has 13 rings (SSSR count). The van der Waals surface area contributed by atoms with Gasteiger partial charge in [0.15, 0.2) is 17.5 Å². The van der Waals surface area contributed by atoms with Crippen LogP contribution in [-0.4, -0.2) is 15.0 Å². The molecule has 13 aromatic rings. The van der Waals surface area contributed by atoms with Gasteiger partial charge in [-0.25, -0.2) is 15.0 Å². The Morgan fingerprint density at radius 2 is 0.738 bits per heavy atom. The first-order valence-corrected chi connectivity index (χ1v) is 21.5. The number of hydrogen-bond donors (Lipinski definition) is 0. The topological polar surface area (TPSA) is 38.7 Å². The number of thiophene rings is 1. The molecule has 2 heterocycles. The zero-order valence-electron chi connectivity index (χ0n) is 32.8. The van der Waals surface area contributed by atoms with E-state index in [4.69, 9.17) is 15.0 Å². The zero-order valence-corrected chi connectivity index (χ0v) is 33.6. The number of nitrogens with zero attached hydrogens (tertiary/aromatic N) is 3. The maximum absolute atomic E-state index is 5.14. The van der Waals surface area contributed by atoms with E-state index in [1.54, 1.807) is 11.3 Å². The second-order valence-corrected chi connectivity index (χ2v) is 17.0. The van der Waals surface area contributed by atoms with Gasteiger partial charge < -0.3 is 0 Å². The molecular formula is C57H33N3S. The van der Waals surface area contributed by atoms with Crippen LogP contribution in [0.4, 0.5) is 0 Å². The molecular weight excluding hydrogens is 759 g/mol. The highest BCUT2D eigenvalue weighted by Crippen LogP contribution is 2.44. The fourth-order valence-electron chi connectivity index (χ4n) is 9.55. The molecule has 0 radical (unpaired) electrons. The number of benzene rings is 10. The van der Waals surface area contributed by atoms with Gasteiger partial charge in [-0.1, -0.05) is 170 Å². The summed E-state index contributed by atoms with van der Waals surface area (Å²) >= 11 is 1.80. The SMILES string of the molecule is c1ccc(-c2nc(-c3ccc(-c4cc5ccc6cccc7c8cccc9ccc%10cccc(c(c4)c5c67)c%10c98)cc3)nc(-c3cccc(-c4cc5ccccc5s4)c3)n2)cc1. The van der Waals surface area contributed by atoms with Crippen molar-refractivity contribution in [2.24, 2.45) is 0 Å². The van der Waals surface area contributed by atoms with Gasteiger partial charge in [0.05, 0.1) is 0 Å². The van der Waals surface area contributed by atoms with Gasteiger partial charge in [0, 0.05) is 26.3 Å². The Morgan fingerprint density at radius 1 is 0.262 bits per heavy atom. The average molecular weight is 792 g/mol. The fraction of sp³-hybridized carbons (Fsp3) is 0. The number of rotatable bonds is 5. The maximum atomic E-state index is 5.14. The van der Waals surface area contributed by atoms with Gasteiger partial charge >= 0.3 is 0 Å². The lowest BCUT2D eigenvalue weighted by molar-refractivity contribution is 1.07. The lowest BCUT2D eigenvalue weighted by atomic mass is 9.86. The normalized spacial score (nSPS) is 11.9. The van der Waals surface area contributed by atoms with Crippen molar-refractivity contribution in [2.75, 3.05) is 0 Å². The van der Waals surface area contributed by atoms with Gasteiger partial charge in [0.25, 0.3) is 0 Å². The molecule has 0 aliphatic rings. The molecule has 0 atom stereocenters. The molecule has 61 heavy (non-hydrogen) atoms. The lowest BCUT2D eigenvalue weighted by Crippen LogP contribution is -2.00. The van der Waals surface area contributed by atoms with Gasteiger partial charge in [-0.3, -0.25) is 0 Å². The smallest absolute Gasteiger partial charge is 0.164 e. The third-order valence-electron chi connectivity index (χ3n) is 12.4. The predicted octanol–water partition coefficient (Wildman–Crippen LogP) is 15.8. The third-order valence-corrected chi connectivity index (χ3v) is 13.6. The van der Waals surface area contributed by atoms with Gasteiger partial charge in [-0.2, -0.15) is 0 Å². The van der Waals surface area contributed by atoms with Crippen molar-refractivity contribution in [1.29, 1.82) is 0 Å². The highest BCUT2D eigenvalue weighted by atomic mass is 32.1. The first kappa shape index (κ1) is 34.1. The second kappa shape index (κ2) is 13.4. The average Bonchev–Trinajstić information content (AvgIpc) is 3.77. The Hall–Kier alpha value is -7.79. The molecule has 0 spiro atoms. The number of aromatic nitrogens is 3. The van der Waals surface area contributed by atoms with Crippen LogP contribution in [0.15, 0.2) is 200 Å². The molecule has 11 aromatic carbocycles. The van der Waals surface area contributed by atoms with Crippen molar-refractivity contribution in [2.45, 2.75) is 0 Å². The standard InChI is InChI=1S/C57H33N3S/c1-2-10-38(11-3-1)55-58-56(60-57(59-55)43-17-6-16-40(30-43)50-33-41-12-4-5-21-49(41)61-50)39-27-22-34(23-28-39)44-31-42-29-26-37-14-8-19-46-45-18-7-13-35-24-25-36-15-9-20-47(53(36)51(35)45)48(32-44)54(42)52(37)46/h1-33H. The van der Waals surface area contributed by atoms with Crippen LogP contribution < -0.4 is 0 Å². The van der Waals surface area contributed by atoms with E-state index in [-0.39, 0.29) is 0 Å². The summed E-state index contributed by atoms with van der Waals surface area (Å²) < 4.78 is 1.28. The van der Waals surface area contributed by atoms with Gasteiger partial charge in [-0.15, -0.1) is 11.3 Å².